The third kappa shape index (κ3) is 4.04. The summed E-state index contributed by atoms with van der Waals surface area (Å²) in [6.07, 6.45) is 0. The van der Waals surface area contributed by atoms with E-state index in [1.807, 2.05) is 48.2 Å². The molecule has 1 aliphatic heterocycles. The molecule has 0 spiro atoms. The first-order chi connectivity index (χ1) is 13.9. The van der Waals surface area contributed by atoms with Crippen molar-refractivity contribution in [1.82, 2.24) is 4.31 Å². The number of para-hydroxylation sites is 1. The first kappa shape index (κ1) is 19.6. The van der Waals surface area contributed by atoms with Gasteiger partial charge in [0.05, 0.1) is 10.6 Å². The van der Waals surface area contributed by atoms with E-state index in [0.29, 0.717) is 31.9 Å². The van der Waals surface area contributed by atoms with Crippen LogP contribution in [0.1, 0.15) is 5.56 Å². The lowest BCUT2D eigenvalue weighted by Crippen LogP contribution is -2.48. The summed E-state index contributed by atoms with van der Waals surface area (Å²) in [6.45, 7) is 3.61. The van der Waals surface area contributed by atoms with Gasteiger partial charge in [-0.05, 0) is 42.3 Å². The predicted octanol–water partition coefficient (Wildman–Crippen LogP) is 4.31. The molecule has 4 rings (SSSR count). The van der Waals surface area contributed by atoms with Gasteiger partial charge >= 0.3 is 0 Å². The standard InChI is InChI=1S/C23H23FN2O2S/c1-18-6-8-19(9-7-18)20-10-12-21(13-11-20)29(27,28)26-16-14-25(15-17-26)23-5-3-2-4-22(23)24/h2-13H,14-17H2,1H3. The number of benzene rings is 3. The van der Waals surface area contributed by atoms with Gasteiger partial charge in [0.2, 0.25) is 10.0 Å². The zero-order chi connectivity index (χ0) is 20.4. The summed E-state index contributed by atoms with van der Waals surface area (Å²) in [7, 11) is -3.57. The second kappa shape index (κ2) is 7.97. The fraction of sp³-hybridized carbons (Fsp3) is 0.217. The monoisotopic (exact) mass is 410 g/mol. The van der Waals surface area contributed by atoms with Crippen molar-refractivity contribution in [1.29, 1.82) is 0 Å². The minimum absolute atomic E-state index is 0.282. The largest absolute Gasteiger partial charge is 0.367 e. The molecular weight excluding hydrogens is 387 g/mol. The van der Waals surface area contributed by atoms with E-state index in [1.165, 1.54) is 15.9 Å². The maximum atomic E-state index is 14.0. The van der Waals surface area contributed by atoms with Crippen LogP contribution in [-0.2, 0) is 10.0 Å². The van der Waals surface area contributed by atoms with Gasteiger partial charge in [0, 0.05) is 26.2 Å². The molecule has 0 saturated carbocycles. The van der Waals surface area contributed by atoms with Gasteiger partial charge in [0.1, 0.15) is 5.82 Å². The Morgan fingerprint density at radius 3 is 1.90 bits per heavy atom. The number of hydrogen-bond acceptors (Lipinski definition) is 3. The zero-order valence-corrected chi connectivity index (χ0v) is 17.1. The van der Waals surface area contributed by atoms with Crippen LogP contribution < -0.4 is 4.90 Å². The maximum Gasteiger partial charge on any atom is 0.243 e. The number of nitrogens with zero attached hydrogens (tertiary/aromatic N) is 2. The highest BCUT2D eigenvalue weighted by Crippen LogP contribution is 2.25. The molecule has 0 amide bonds. The molecular formula is C23H23FN2O2S. The lowest BCUT2D eigenvalue weighted by atomic mass is 10.0. The fourth-order valence-electron chi connectivity index (χ4n) is 3.59. The van der Waals surface area contributed by atoms with Gasteiger partial charge in [-0.25, -0.2) is 12.8 Å². The Kier molecular flexibility index (Phi) is 5.39. The van der Waals surface area contributed by atoms with Crippen LogP contribution in [0.25, 0.3) is 11.1 Å². The van der Waals surface area contributed by atoms with E-state index in [1.54, 1.807) is 30.3 Å². The van der Waals surface area contributed by atoms with Crippen molar-refractivity contribution in [2.75, 3.05) is 31.1 Å². The SMILES string of the molecule is Cc1ccc(-c2ccc(S(=O)(=O)N3CCN(c4ccccc4F)CC3)cc2)cc1. The van der Waals surface area contributed by atoms with Gasteiger partial charge in [-0.2, -0.15) is 4.31 Å². The van der Waals surface area contributed by atoms with Crippen molar-refractivity contribution in [3.8, 4) is 11.1 Å². The van der Waals surface area contributed by atoms with Gasteiger partial charge < -0.3 is 4.90 Å². The molecule has 3 aromatic carbocycles. The molecule has 3 aromatic rings. The molecule has 0 radical (unpaired) electrons. The molecule has 0 aliphatic carbocycles. The Hall–Kier alpha value is -2.70. The lowest BCUT2D eigenvalue weighted by Gasteiger charge is -2.35. The van der Waals surface area contributed by atoms with Crippen LogP contribution in [0.2, 0.25) is 0 Å². The van der Waals surface area contributed by atoms with Crippen molar-refractivity contribution in [2.45, 2.75) is 11.8 Å². The van der Waals surface area contributed by atoms with Crippen molar-refractivity contribution in [3.05, 3.63) is 84.2 Å². The predicted molar refractivity (Wildman–Crippen MR) is 114 cm³/mol. The number of rotatable bonds is 4. The molecule has 29 heavy (non-hydrogen) atoms. The first-order valence-corrected chi connectivity index (χ1v) is 11.1. The second-order valence-corrected chi connectivity index (χ2v) is 9.17. The normalized spacial score (nSPS) is 15.4. The van der Waals surface area contributed by atoms with Crippen LogP contribution in [-0.4, -0.2) is 38.9 Å². The molecule has 0 aromatic heterocycles. The summed E-state index contributed by atoms with van der Waals surface area (Å²) in [4.78, 5) is 2.18. The van der Waals surface area contributed by atoms with E-state index in [-0.39, 0.29) is 10.7 Å². The van der Waals surface area contributed by atoms with Crippen LogP contribution in [0.15, 0.2) is 77.7 Å². The Morgan fingerprint density at radius 1 is 0.759 bits per heavy atom. The van der Waals surface area contributed by atoms with Crippen LogP contribution in [0.4, 0.5) is 10.1 Å². The zero-order valence-electron chi connectivity index (χ0n) is 16.3. The Balaban J connectivity index is 1.48. The van der Waals surface area contributed by atoms with E-state index >= 15 is 0 Å². The number of piperazine rings is 1. The number of aryl methyl sites for hydroxylation is 1. The summed E-state index contributed by atoms with van der Waals surface area (Å²) >= 11 is 0. The van der Waals surface area contributed by atoms with Gasteiger partial charge in [-0.3, -0.25) is 0 Å². The molecule has 6 heteroatoms. The summed E-state index contributed by atoms with van der Waals surface area (Å²) in [5, 5.41) is 0. The third-order valence-electron chi connectivity index (χ3n) is 5.31. The number of hydrogen-bond donors (Lipinski definition) is 0. The first-order valence-electron chi connectivity index (χ1n) is 9.62. The van der Waals surface area contributed by atoms with Crippen molar-refractivity contribution < 1.29 is 12.8 Å². The maximum absolute atomic E-state index is 14.0. The average molecular weight is 411 g/mol. The van der Waals surface area contributed by atoms with Crippen LogP contribution in [0.3, 0.4) is 0 Å². The molecule has 0 bridgehead atoms. The molecule has 4 nitrogen and oxygen atoms in total. The van der Waals surface area contributed by atoms with Crippen LogP contribution >= 0.6 is 0 Å². The summed E-state index contributed by atoms with van der Waals surface area (Å²) < 4.78 is 41.5. The summed E-state index contributed by atoms with van der Waals surface area (Å²) in [5.41, 5.74) is 3.74. The van der Waals surface area contributed by atoms with Crippen molar-refractivity contribution >= 4 is 15.7 Å². The summed E-state index contributed by atoms with van der Waals surface area (Å²) in [6, 6.07) is 21.7. The van der Waals surface area contributed by atoms with Crippen LogP contribution in [0, 0.1) is 12.7 Å². The Labute approximate surface area is 171 Å². The molecule has 0 atom stereocenters. The molecule has 1 heterocycles. The van der Waals surface area contributed by atoms with Gasteiger partial charge in [0.15, 0.2) is 0 Å². The quantitative estimate of drug-likeness (QED) is 0.644. The van der Waals surface area contributed by atoms with E-state index in [4.69, 9.17) is 0 Å². The van der Waals surface area contributed by atoms with Crippen LogP contribution in [0.5, 0.6) is 0 Å². The number of anilines is 1. The average Bonchev–Trinajstić information content (AvgIpc) is 2.75. The van der Waals surface area contributed by atoms with E-state index in [9.17, 15) is 12.8 Å². The minimum Gasteiger partial charge on any atom is -0.367 e. The van der Waals surface area contributed by atoms with E-state index in [0.717, 1.165) is 11.1 Å². The molecule has 0 N–H and O–H groups in total. The molecule has 150 valence electrons. The summed E-state index contributed by atoms with van der Waals surface area (Å²) in [5.74, 6) is -0.282. The van der Waals surface area contributed by atoms with Crippen molar-refractivity contribution in [2.24, 2.45) is 0 Å². The molecule has 1 aliphatic rings. The number of sulfonamides is 1. The Bertz CT molecular complexity index is 1090. The highest BCUT2D eigenvalue weighted by molar-refractivity contribution is 7.89. The van der Waals surface area contributed by atoms with Gasteiger partial charge in [0.25, 0.3) is 0 Å². The van der Waals surface area contributed by atoms with Gasteiger partial charge in [-0.1, -0.05) is 54.1 Å². The smallest absolute Gasteiger partial charge is 0.243 e. The minimum atomic E-state index is -3.57. The molecule has 1 saturated heterocycles. The van der Waals surface area contributed by atoms with Gasteiger partial charge in [-0.15, -0.1) is 0 Å². The Morgan fingerprint density at radius 2 is 1.31 bits per heavy atom. The third-order valence-corrected chi connectivity index (χ3v) is 7.22. The number of halogens is 1. The highest BCUT2D eigenvalue weighted by atomic mass is 32.2. The van der Waals surface area contributed by atoms with E-state index < -0.39 is 10.0 Å². The highest BCUT2D eigenvalue weighted by Gasteiger charge is 2.29. The molecule has 1 fully saturated rings. The molecule has 0 unspecified atom stereocenters. The fourth-order valence-corrected chi connectivity index (χ4v) is 5.01. The van der Waals surface area contributed by atoms with Crippen molar-refractivity contribution in [3.63, 3.8) is 0 Å². The second-order valence-electron chi connectivity index (χ2n) is 7.23. The van der Waals surface area contributed by atoms with E-state index in [2.05, 4.69) is 0 Å². The lowest BCUT2D eigenvalue weighted by molar-refractivity contribution is 0.383. The topological polar surface area (TPSA) is 40.6 Å².